The molecule has 1 fully saturated rings. The lowest BCUT2D eigenvalue weighted by atomic mass is 9.81. The van der Waals surface area contributed by atoms with Crippen molar-refractivity contribution in [1.82, 2.24) is 10.7 Å². The van der Waals surface area contributed by atoms with Crippen molar-refractivity contribution in [3.8, 4) is 0 Å². The molecule has 1 rings (SSSR count). The third-order valence-corrected chi connectivity index (χ3v) is 3.10. The van der Waals surface area contributed by atoms with Crippen LogP contribution in [0, 0.1) is 5.92 Å². The fourth-order valence-electron chi connectivity index (χ4n) is 1.87. The first-order valence-electron chi connectivity index (χ1n) is 5.97. The largest absolute Gasteiger partial charge is 0.383 e. The summed E-state index contributed by atoms with van der Waals surface area (Å²) in [4.78, 5) is 4.55. The smallest absolute Gasteiger partial charge is 0.206 e. The lowest BCUT2D eigenvalue weighted by Crippen LogP contribution is -2.47. The van der Waals surface area contributed by atoms with Crippen LogP contribution in [0.15, 0.2) is 4.99 Å². The number of hydrogen-bond donors (Lipinski definition) is 3. The third kappa shape index (κ3) is 3.98. The van der Waals surface area contributed by atoms with Crippen LogP contribution in [-0.4, -0.2) is 31.8 Å². The highest BCUT2D eigenvalue weighted by Crippen LogP contribution is 2.30. The van der Waals surface area contributed by atoms with E-state index in [0.717, 1.165) is 5.92 Å². The molecule has 5 heteroatoms. The summed E-state index contributed by atoms with van der Waals surface area (Å²) in [6.45, 7) is 4.81. The number of hydrazine groups is 1. The summed E-state index contributed by atoms with van der Waals surface area (Å²) in [5, 5.41) is 3.19. The maximum absolute atomic E-state index is 5.44. The number of guanidine groups is 1. The zero-order valence-electron chi connectivity index (χ0n) is 10.5. The maximum Gasteiger partial charge on any atom is 0.206 e. The highest BCUT2D eigenvalue weighted by molar-refractivity contribution is 5.79. The van der Waals surface area contributed by atoms with E-state index in [4.69, 9.17) is 10.6 Å². The average Bonchev–Trinajstić information content (AvgIpc) is 2.14. The van der Waals surface area contributed by atoms with E-state index in [1.807, 2.05) is 6.92 Å². The van der Waals surface area contributed by atoms with Crippen molar-refractivity contribution in [2.45, 2.75) is 45.2 Å². The van der Waals surface area contributed by atoms with Gasteiger partial charge in [0.15, 0.2) is 0 Å². The number of ether oxygens (including phenoxy) is 1. The van der Waals surface area contributed by atoms with Gasteiger partial charge >= 0.3 is 0 Å². The van der Waals surface area contributed by atoms with E-state index in [1.165, 1.54) is 19.3 Å². The molecule has 1 aliphatic rings. The monoisotopic (exact) mass is 228 g/mol. The Morgan fingerprint density at radius 1 is 1.50 bits per heavy atom. The van der Waals surface area contributed by atoms with Gasteiger partial charge in [0.2, 0.25) is 5.96 Å². The quantitative estimate of drug-likeness (QED) is 0.279. The van der Waals surface area contributed by atoms with Gasteiger partial charge in [0, 0.05) is 13.2 Å². The molecular formula is C11H24N4O. The molecule has 94 valence electrons. The van der Waals surface area contributed by atoms with Crippen LogP contribution in [0.4, 0.5) is 0 Å². The second-order valence-electron chi connectivity index (χ2n) is 4.55. The summed E-state index contributed by atoms with van der Waals surface area (Å²) < 4.78 is 5.05. The fourth-order valence-corrected chi connectivity index (χ4v) is 1.87. The molecule has 16 heavy (non-hydrogen) atoms. The number of rotatable bonds is 5. The highest BCUT2D eigenvalue weighted by Gasteiger charge is 2.23. The zero-order valence-corrected chi connectivity index (χ0v) is 10.5. The number of nitrogens with one attached hydrogen (secondary N) is 2. The van der Waals surface area contributed by atoms with E-state index in [0.29, 0.717) is 18.6 Å². The second kappa shape index (κ2) is 6.70. The van der Waals surface area contributed by atoms with Gasteiger partial charge in [-0.15, -0.1) is 0 Å². The van der Waals surface area contributed by atoms with Crippen molar-refractivity contribution in [3.05, 3.63) is 0 Å². The Morgan fingerprint density at radius 3 is 2.62 bits per heavy atom. The molecule has 0 saturated heterocycles. The van der Waals surface area contributed by atoms with Gasteiger partial charge in [-0.25, -0.2) is 10.8 Å². The van der Waals surface area contributed by atoms with Gasteiger partial charge in [-0.3, -0.25) is 5.43 Å². The molecule has 5 nitrogen and oxygen atoms in total. The predicted molar refractivity (Wildman–Crippen MR) is 66.0 cm³/mol. The molecule has 0 aromatic rings. The van der Waals surface area contributed by atoms with Gasteiger partial charge in [-0.1, -0.05) is 6.42 Å². The second-order valence-corrected chi connectivity index (χ2v) is 4.55. The Bertz CT molecular complexity index is 228. The van der Waals surface area contributed by atoms with Gasteiger partial charge in [0.1, 0.15) is 0 Å². The molecule has 0 aliphatic heterocycles. The minimum atomic E-state index is 0.202. The topological polar surface area (TPSA) is 71.7 Å². The van der Waals surface area contributed by atoms with E-state index in [-0.39, 0.29) is 6.04 Å². The van der Waals surface area contributed by atoms with Gasteiger partial charge < -0.3 is 10.1 Å². The Kier molecular flexibility index (Phi) is 5.55. The number of hydrogen-bond acceptors (Lipinski definition) is 3. The molecule has 0 aromatic carbocycles. The molecule has 0 bridgehead atoms. The van der Waals surface area contributed by atoms with Crippen LogP contribution < -0.4 is 16.6 Å². The summed E-state index contributed by atoms with van der Waals surface area (Å²) in [7, 11) is 1.68. The minimum absolute atomic E-state index is 0.202. The van der Waals surface area contributed by atoms with Crippen molar-refractivity contribution in [1.29, 1.82) is 0 Å². The summed E-state index contributed by atoms with van der Waals surface area (Å²) in [5.74, 6) is 6.82. The number of aliphatic imine (C=N–C) groups is 1. The maximum atomic E-state index is 5.44. The van der Waals surface area contributed by atoms with Gasteiger partial charge in [-0.2, -0.15) is 0 Å². The molecule has 0 amide bonds. The Labute approximate surface area is 97.8 Å². The van der Waals surface area contributed by atoms with Crippen molar-refractivity contribution in [3.63, 3.8) is 0 Å². The van der Waals surface area contributed by atoms with Crippen molar-refractivity contribution < 1.29 is 4.74 Å². The van der Waals surface area contributed by atoms with Crippen LogP contribution >= 0.6 is 0 Å². The molecule has 0 heterocycles. The molecule has 0 spiro atoms. The Balaban J connectivity index is 2.41. The van der Waals surface area contributed by atoms with Crippen molar-refractivity contribution in [2.75, 3.05) is 13.7 Å². The minimum Gasteiger partial charge on any atom is -0.383 e. The average molecular weight is 228 g/mol. The van der Waals surface area contributed by atoms with Crippen molar-refractivity contribution in [2.24, 2.45) is 16.8 Å². The molecule has 2 unspecified atom stereocenters. The Hall–Kier alpha value is -0.810. The van der Waals surface area contributed by atoms with E-state index in [2.05, 4.69) is 22.7 Å². The van der Waals surface area contributed by atoms with E-state index >= 15 is 0 Å². The normalized spacial score (nSPS) is 21.1. The van der Waals surface area contributed by atoms with Crippen LogP contribution in [0.25, 0.3) is 0 Å². The standard InChI is InChI=1S/C11H24N4O/c1-8(7-16-3)13-11(15-12)14-9(2)10-5-4-6-10/h8-10H,4-7,12H2,1-3H3,(H2,13,14,15). The zero-order chi connectivity index (χ0) is 12.0. The SMILES string of the molecule is COCC(C)NC(=NC(C)C1CCC1)NN. The first kappa shape index (κ1) is 13.3. The molecule has 0 radical (unpaired) electrons. The Morgan fingerprint density at radius 2 is 2.19 bits per heavy atom. The van der Waals surface area contributed by atoms with Gasteiger partial charge in [-0.05, 0) is 32.6 Å². The number of nitrogens with two attached hydrogens (primary N) is 1. The number of nitrogens with zero attached hydrogens (tertiary/aromatic N) is 1. The van der Waals surface area contributed by atoms with E-state index in [1.54, 1.807) is 7.11 Å². The molecule has 0 aromatic heterocycles. The lowest BCUT2D eigenvalue weighted by molar-refractivity contribution is 0.178. The van der Waals surface area contributed by atoms with Gasteiger partial charge in [0.05, 0.1) is 12.6 Å². The van der Waals surface area contributed by atoms with Crippen LogP contribution in [-0.2, 0) is 4.74 Å². The first-order valence-corrected chi connectivity index (χ1v) is 5.97. The molecule has 4 N–H and O–H groups in total. The van der Waals surface area contributed by atoms with Crippen LogP contribution in [0.1, 0.15) is 33.1 Å². The van der Waals surface area contributed by atoms with Crippen molar-refractivity contribution >= 4 is 5.96 Å². The van der Waals surface area contributed by atoms with Crippen LogP contribution in [0.5, 0.6) is 0 Å². The molecule has 1 aliphatic carbocycles. The van der Waals surface area contributed by atoms with E-state index in [9.17, 15) is 0 Å². The summed E-state index contributed by atoms with van der Waals surface area (Å²) in [6, 6.07) is 0.537. The molecular weight excluding hydrogens is 204 g/mol. The predicted octanol–water partition coefficient (Wildman–Crippen LogP) is 0.619. The molecule has 2 atom stereocenters. The first-order chi connectivity index (χ1) is 7.67. The highest BCUT2D eigenvalue weighted by atomic mass is 16.5. The summed E-state index contributed by atoms with van der Waals surface area (Å²) in [6.07, 6.45) is 3.91. The van der Waals surface area contributed by atoms with Crippen LogP contribution in [0.3, 0.4) is 0 Å². The van der Waals surface area contributed by atoms with Gasteiger partial charge in [0.25, 0.3) is 0 Å². The molecule has 1 saturated carbocycles. The fraction of sp³-hybridized carbons (Fsp3) is 0.909. The number of methoxy groups -OCH3 is 1. The summed E-state index contributed by atoms with van der Waals surface area (Å²) >= 11 is 0. The van der Waals surface area contributed by atoms with Crippen LogP contribution in [0.2, 0.25) is 0 Å². The summed E-state index contributed by atoms with van der Waals surface area (Å²) in [5.41, 5.74) is 2.61. The third-order valence-electron chi connectivity index (χ3n) is 3.10. The van der Waals surface area contributed by atoms with E-state index < -0.39 is 0 Å². The lowest BCUT2D eigenvalue weighted by Gasteiger charge is -2.29.